The molecule has 3 heterocycles. The van der Waals surface area contributed by atoms with Gasteiger partial charge in [0, 0.05) is 36.3 Å². The van der Waals surface area contributed by atoms with Crippen molar-refractivity contribution in [1.82, 2.24) is 29.6 Å². The lowest BCUT2D eigenvalue weighted by atomic mass is 10.2. The van der Waals surface area contributed by atoms with E-state index < -0.39 is 0 Å². The molecular weight excluding hydrogens is 400 g/mol. The molecule has 31 heavy (non-hydrogen) atoms. The molecule has 162 valence electrons. The second kappa shape index (κ2) is 7.78. The number of nitrogens with one attached hydrogen (secondary N) is 2. The van der Waals surface area contributed by atoms with Gasteiger partial charge in [-0.25, -0.2) is 4.98 Å². The minimum Gasteiger partial charge on any atom is -0.493 e. The number of carbonyl (C=O) groups excluding carboxylic acids is 1. The highest BCUT2D eigenvalue weighted by Crippen LogP contribution is 2.34. The average Bonchev–Trinajstić information content (AvgIpc) is 3.23. The molecule has 0 aliphatic heterocycles. The summed E-state index contributed by atoms with van der Waals surface area (Å²) in [6.07, 6.45) is 1.38. The van der Waals surface area contributed by atoms with Crippen LogP contribution < -0.4 is 20.3 Å². The van der Waals surface area contributed by atoms with Crippen molar-refractivity contribution >= 4 is 27.8 Å². The number of rotatable bonds is 6. The first-order chi connectivity index (χ1) is 14.8. The molecule has 0 bridgehead atoms. The minimum atomic E-state index is -0.331. The number of amides is 1. The zero-order valence-electron chi connectivity index (χ0n) is 18.1. The van der Waals surface area contributed by atoms with E-state index in [1.165, 1.54) is 10.9 Å². The first kappa shape index (κ1) is 20.5. The van der Waals surface area contributed by atoms with Crippen LogP contribution in [0, 0.1) is 13.8 Å². The quantitative estimate of drug-likeness (QED) is 0.485. The maximum absolute atomic E-state index is 13.0. The van der Waals surface area contributed by atoms with Gasteiger partial charge in [-0.1, -0.05) is 0 Å². The van der Waals surface area contributed by atoms with Crippen LogP contribution in [0.4, 0.5) is 0 Å². The maximum atomic E-state index is 13.0. The molecule has 0 fully saturated rings. The van der Waals surface area contributed by atoms with E-state index in [0.717, 1.165) is 22.3 Å². The second-order valence-electron chi connectivity index (χ2n) is 7.33. The summed E-state index contributed by atoms with van der Waals surface area (Å²) in [6.45, 7) is 4.06. The van der Waals surface area contributed by atoms with Gasteiger partial charge in [-0.05, 0) is 19.9 Å². The van der Waals surface area contributed by atoms with Crippen molar-refractivity contribution in [3.63, 3.8) is 0 Å². The number of aryl methyl sites for hydroxylation is 2. The fraction of sp³-hybridized carbons (Fsp3) is 0.333. The number of carbonyl (C=O) groups is 1. The molecule has 10 nitrogen and oxygen atoms in total. The summed E-state index contributed by atoms with van der Waals surface area (Å²) in [5.74, 6) is 0.801. The second-order valence-corrected chi connectivity index (χ2v) is 7.33. The Hall–Kier alpha value is -3.82. The largest absolute Gasteiger partial charge is 0.493 e. The molecule has 1 amide bonds. The average molecular weight is 424 g/mol. The number of nitrogens with zero attached hydrogens (tertiary/aromatic N) is 4. The summed E-state index contributed by atoms with van der Waals surface area (Å²) in [5.41, 5.74) is 4.02. The van der Waals surface area contributed by atoms with Crippen LogP contribution in [-0.4, -0.2) is 44.4 Å². The fourth-order valence-corrected chi connectivity index (χ4v) is 3.70. The van der Waals surface area contributed by atoms with Crippen LogP contribution in [0.1, 0.15) is 17.0 Å². The lowest BCUT2D eigenvalue weighted by molar-refractivity contribution is -0.121. The number of ether oxygens (including phenoxy) is 2. The number of benzene rings is 1. The maximum Gasteiger partial charge on any atom is 0.278 e. The van der Waals surface area contributed by atoms with Crippen molar-refractivity contribution in [3.8, 4) is 11.5 Å². The molecule has 0 aliphatic rings. The highest BCUT2D eigenvalue weighted by Gasteiger charge is 2.16. The molecule has 0 radical (unpaired) electrons. The smallest absolute Gasteiger partial charge is 0.278 e. The van der Waals surface area contributed by atoms with E-state index in [-0.39, 0.29) is 18.0 Å². The van der Waals surface area contributed by atoms with Gasteiger partial charge in [-0.2, -0.15) is 5.10 Å². The number of methoxy groups -OCH3 is 2. The van der Waals surface area contributed by atoms with Gasteiger partial charge < -0.3 is 19.8 Å². The Balaban J connectivity index is 1.61. The molecule has 0 atom stereocenters. The van der Waals surface area contributed by atoms with Crippen LogP contribution in [0.25, 0.3) is 21.9 Å². The van der Waals surface area contributed by atoms with E-state index in [1.54, 1.807) is 31.0 Å². The Bertz CT molecular complexity index is 1360. The molecule has 4 rings (SSSR count). The van der Waals surface area contributed by atoms with Crippen molar-refractivity contribution in [3.05, 3.63) is 45.8 Å². The minimum absolute atomic E-state index is 0.137. The summed E-state index contributed by atoms with van der Waals surface area (Å²) in [6, 6.07) is 3.53. The van der Waals surface area contributed by atoms with E-state index in [2.05, 4.69) is 20.4 Å². The summed E-state index contributed by atoms with van der Waals surface area (Å²) >= 11 is 0. The molecule has 1 aromatic carbocycles. The Morgan fingerprint density at radius 3 is 2.55 bits per heavy atom. The zero-order valence-corrected chi connectivity index (χ0v) is 18.1. The third-order valence-electron chi connectivity index (χ3n) is 5.51. The zero-order chi connectivity index (χ0) is 22.3. The van der Waals surface area contributed by atoms with Crippen molar-refractivity contribution in [2.45, 2.75) is 26.9 Å². The van der Waals surface area contributed by atoms with Gasteiger partial charge in [0.1, 0.15) is 17.6 Å². The first-order valence-corrected chi connectivity index (χ1v) is 9.72. The molecule has 0 saturated carbocycles. The SMILES string of the molecule is COc1cc2[nH]c3c(=O)n(CC(=O)NCc4c(C)nn(C)c4C)cnc3c2cc1OC. The van der Waals surface area contributed by atoms with Gasteiger partial charge in [-0.3, -0.25) is 18.8 Å². The number of fused-ring (bicyclic) bond motifs is 3. The predicted molar refractivity (Wildman–Crippen MR) is 115 cm³/mol. The number of hydrogen-bond donors (Lipinski definition) is 2. The van der Waals surface area contributed by atoms with Crippen molar-refractivity contribution in [2.75, 3.05) is 14.2 Å². The summed E-state index contributed by atoms with van der Waals surface area (Å²) in [7, 11) is 4.95. The lowest BCUT2D eigenvalue weighted by Gasteiger charge is -2.08. The van der Waals surface area contributed by atoms with Gasteiger partial charge in [-0.15, -0.1) is 0 Å². The molecule has 4 aromatic rings. The molecule has 3 aromatic heterocycles. The molecule has 0 saturated heterocycles. The molecule has 0 spiro atoms. The lowest BCUT2D eigenvalue weighted by Crippen LogP contribution is -2.32. The van der Waals surface area contributed by atoms with E-state index in [9.17, 15) is 9.59 Å². The molecule has 0 aliphatic carbocycles. The highest BCUT2D eigenvalue weighted by atomic mass is 16.5. The number of H-pyrrole nitrogens is 1. The number of aromatic nitrogens is 5. The molecular formula is C21H24N6O4. The summed E-state index contributed by atoms with van der Waals surface area (Å²) in [5, 5.41) is 7.94. The topological polar surface area (TPSA) is 116 Å². The standard InChI is InChI=1S/C21H24N6O4/c1-11-14(12(2)26(3)25-11)8-22-18(28)9-27-10-23-19-13-6-16(30-4)17(31-5)7-15(13)24-20(19)21(27)29/h6-7,10,24H,8-9H2,1-5H3,(H,22,28). The van der Waals surface area contributed by atoms with E-state index in [4.69, 9.17) is 9.47 Å². The molecule has 10 heteroatoms. The van der Waals surface area contributed by atoms with Crippen molar-refractivity contribution < 1.29 is 14.3 Å². The number of aromatic amines is 1. The molecule has 0 unspecified atom stereocenters. The van der Waals surface area contributed by atoms with Crippen LogP contribution >= 0.6 is 0 Å². The van der Waals surface area contributed by atoms with E-state index >= 15 is 0 Å². The Morgan fingerprint density at radius 1 is 1.19 bits per heavy atom. The summed E-state index contributed by atoms with van der Waals surface area (Å²) in [4.78, 5) is 32.9. The van der Waals surface area contributed by atoms with E-state index in [1.807, 2.05) is 20.9 Å². The van der Waals surface area contributed by atoms with E-state index in [0.29, 0.717) is 34.6 Å². The molecule has 2 N–H and O–H groups in total. The Morgan fingerprint density at radius 2 is 1.90 bits per heavy atom. The van der Waals surface area contributed by atoms with Gasteiger partial charge in [0.15, 0.2) is 11.5 Å². The van der Waals surface area contributed by atoms with Crippen LogP contribution in [0.2, 0.25) is 0 Å². The van der Waals surface area contributed by atoms with Gasteiger partial charge in [0.2, 0.25) is 5.91 Å². The monoisotopic (exact) mass is 424 g/mol. The van der Waals surface area contributed by atoms with Gasteiger partial charge in [0.05, 0.1) is 31.8 Å². The number of hydrogen-bond acceptors (Lipinski definition) is 6. The predicted octanol–water partition coefficient (Wildman–Crippen LogP) is 1.56. The first-order valence-electron chi connectivity index (χ1n) is 9.72. The Labute approximate surface area is 177 Å². The normalized spacial score (nSPS) is 11.3. The highest BCUT2D eigenvalue weighted by molar-refractivity contribution is 6.05. The van der Waals surface area contributed by atoms with Crippen LogP contribution in [0.3, 0.4) is 0 Å². The summed E-state index contributed by atoms with van der Waals surface area (Å²) < 4.78 is 13.7. The van der Waals surface area contributed by atoms with Crippen LogP contribution in [-0.2, 0) is 24.9 Å². The van der Waals surface area contributed by atoms with Crippen LogP contribution in [0.15, 0.2) is 23.3 Å². The van der Waals surface area contributed by atoms with Crippen LogP contribution in [0.5, 0.6) is 11.5 Å². The fourth-order valence-electron chi connectivity index (χ4n) is 3.70. The van der Waals surface area contributed by atoms with Gasteiger partial charge in [0.25, 0.3) is 5.56 Å². The third kappa shape index (κ3) is 3.49. The third-order valence-corrected chi connectivity index (χ3v) is 5.51. The Kier molecular flexibility index (Phi) is 5.14. The van der Waals surface area contributed by atoms with Crippen molar-refractivity contribution in [2.24, 2.45) is 7.05 Å². The van der Waals surface area contributed by atoms with Crippen molar-refractivity contribution in [1.29, 1.82) is 0 Å². The van der Waals surface area contributed by atoms with Gasteiger partial charge >= 0.3 is 0 Å².